The summed E-state index contributed by atoms with van der Waals surface area (Å²) in [5.41, 5.74) is 2.52. The lowest BCUT2D eigenvalue weighted by Crippen LogP contribution is -2.38. The number of benzene rings is 2. The van der Waals surface area contributed by atoms with E-state index in [0.717, 1.165) is 16.9 Å². The number of carbonyl (C=O) groups is 2. The van der Waals surface area contributed by atoms with Crippen LogP contribution in [0.15, 0.2) is 48.5 Å². The molecule has 0 saturated carbocycles. The van der Waals surface area contributed by atoms with Gasteiger partial charge in [0.05, 0.1) is 35.3 Å². The molecule has 7 heteroatoms. The van der Waals surface area contributed by atoms with E-state index in [0.29, 0.717) is 24.6 Å². The van der Waals surface area contributed by atoms with Gasteiger partial charge in [0.15, 0.2) is 0 Å². The Balaban J connectivity index is 1.51. The van der Waals surface area contributed by atoms with Gasteiger partial charge in [-0.15, -0.1) is 0 Å². The Morgan fingerprint density at radius 3 is 2.71 bits per heavy atom. The predicted octanol–water partition coefficient (Wildman–Crippen LogP) is 3.83. The van der Waals surface area contributed by atoms with Gasteiger partial charge in [0.25, 0.3) is 0 Å². The van der Waals surface area contributed by atoms with Crippen LogP contribution in [0.2, 0.25) is 0 Å². The third-order valence-corrected chi connectivity index (χ3v) is 5.62. The number of ether oxygens (including phenoxy) is 1. The molecule has 2 amide bonds. The molecule has 2 aromatic carbocycles. The number of aromatic amines is 1. The monoisotopic (exact) mass is 420 g/mol. The average molecular weight is 421 g/mol. The summed E-state index contributed by atoms with van der Waals surface area (Å²) in [6, 6.07) is 15.0. The second-order valence-corrected chi connectivity index (χ2v) is 8.18. The van der Waals surface area contributed by atoms with E-state index in [9.17, 15) is 9.59 Å². The Morgan fingerprint density at radius 1 is 1.23 bits per heavy atom. The van der Waals surface area contributed by atoms with Crippen molar-refractivity contribution >= 4 is 28.5 Å². The molecule has 2 heterocycles. The zero-order valence-electron chi connectivity index (χ0n) is 18.1. The van der Waals surface area contributed by atoms with Gasteiger partial charge in [-0.25, -0.2) is 4.98 Å². The number of rotatable bonds is 7. The number of para-hydroxylation sites is 4. The van der Waals surface area contributed by atoms with Crippen LogP contribution >= 0.6 is 0 Å². The number of aromatic nitrogens is 2. The highest BCUT2D eigenvalue weighted by Crippen LogP contribution is 2.33. The van der Waals surface area contributed by atoms with Gasteiger partial charge in [-0.1, -0.05) is 38.1 Å². The first-order valence-corrected chi connectivity index (χ1v) is 10.7. The van der Waals surface area contributed by atoms with Gasteiger partial charge < -0.3 is 19.9 Å². The number of H-pyrrole nitrogens is 1. The van der Waals surface area contributed by atoms with Crippen molar-refractivity contribution in [3.05, 3.63) is 54.4 Å². The summed E-state index contributed by atoms with van der Waals surface area (Å²) < 4.78 is 5.67. The first-order chi connectivity index (χ1) is 15.0. The molecule has 1 aliphatic heterocycles. The van der Waals surface area contributed by atoms with Gasteiger partial charge in [-0.05, 0) is 37.1 Å². The van der Waals surface area contributed by atoms with Crippen LogP contribution in [0.1, 0.15) is 39.1 Å². The highest BCUT2D eigenvalue weighted by molar-refractivity contribution is 6.01. The molecule has 1 aromatic heterocycles. The van der Waals surface area contributed by atoms with Crippen LogP contribution in [-0.2, 0) is 9.59 Å². The molecule has 0 spiro atoms. The smallest absolute Gasteiger partial charge is 0.227 e. The fraction of sp³-hybridized carbons (Fsp3) is 0.375. The Morgan fingerprint density at radius 2 is 1.97 bits per heavy atom. The summed E-state index contributed by atoms with van der Waals surface area (Å²) >= 11 is 0. The van der Waals surface area contributed by atoms with Gasteiger partial charge in [0, 0.05) is 13.0 Å². The summed E-state index contributed by atoms with van der Waals surface area (Å²) in [5.74, 6) is 0.888. The number of carbonyl (C=O) groups excluding carboxylic acids is 2. The number of fused-ring (bicyclic) bond motifs is 1. The molecule has 7 nitrogen and oxygen atoms in total. The second kappa shape index (κ2) is 8.79. The molecule has 1 aliphatic rings. The summed E-state index contributed by atoms with van der Waals surface area (Å²) in [6.07, 6.45) is 0.178. The van der Waals surface area contributed by atoms with Crippen molar-refractivity contribution in [3.8, 4) is 5.75 Å². The van der Waals surface area contributed by atoms with Crippen molar-refractivity contribution in [1.82, 2.24) is 15.3 Å². The van der Waals surface area contributed by atoms with Crippen molar-refractivity contribution < 1.29 is 14.3 Å². The number of nitrogens with zero attached hydrogens (tertiary/aromatic N) is 2. The second-order valence-electron chi connectivity index (χ2n) is 8.18. The Hall–Kier alpha value is -3.35. The summed E-state index contributed by atoms with van der Waals surface area (Å²) in [6.45, 7) is 6.84. The number of anilines is 1. The molecule has 31 heavy (non-hydrogen) atoms. The lowest BCUT2D eigenvalue weighted by Gasteiger charge is -2.23. The lowest BCUT2D eigenvalue weighted by molar-refractivity contribution is -0.127. The van der Waals surface area contributed by atoms with Gasteiger partial charge in [-0.3, -0.25) is 9.59 Å². The van der Waals surface area contributed by atoms with Crippen LogP contribution in [0, 0.1) is 11.8 Å². The molecule has 4 rings (SSSR count). The van der Waals surface area contributed by atoms with E-state index < -0.39 is 5.92 Å². The largest absolute Gasteiger partial charge is 0.492 e. The van der Waals surface area contributed by atoms with Crippen LogP contribution in [0.3, 0.4) is 0 Å². The average Bonchev–Trinajstić information content (AvgIpc) is 3.35. The topological polar surface area (TPSA) is 87.3 Å². The van der Waals surface area contributed by atoms with Crippen molar-refractivity contribution in [2.75, 3.05) is 18.1 Å². The molecule has 1 fully saturated rings. The molecule has 0 unspecified atom stereocenters. The molecule has 1 saturated heterocycles. The molecule has 2 atom stereocenters. The van der Waals surface area contributed by atoms with Crippen molar-refractivity contribution in [2.45, 2.75) is 33.2 Å². The molecular formula is C24H28N4O3. The van der Waals surface area contributed by atoms with E-state index in [-0.39, 0.29) is 30.2 Å². The molecule has 0 radical (unpaired) electrons. The number of amides is 2. The van der Waals surface area contributed by atoms with Crippen LogP contribution < -0.4 is 15.0 Å². The number of hydrogen-bond donors (Lipinski definition) is 2. The van der Waals surface area contributed by atoms with E-state index in [1.807, 2.05) is 69.3 Å². The summed E-state index contributed by atoms with van der Waals surface area (Å²) in [4.78, 5) is 35.5. The highest BCUT2D eigenvalue weighted by Gasteiger charge is 2.37. The molecule has 0 aliphatic carbocycles. The zero-order chi connectivity index (χ0) is 22.0. The van der Waals surface area contributed by atoms with Crippen molar-refractivity contribution in [2.24, 2.45) is 11.8 Å². The fourth-order valence-electron chi connectivity index (χ4n) is 4.02. The predicted molar refractivity (Wildman–Crippen MR) is 120 cm³/mol. The van der Waals surface area contributed by atoms with E-state index in [2.05, 4.69) is 15.3 Å². The van der Waals surface area contributed by atoms with Gasteiger partial charge in [-0.2, -0.15) is 0 Å². The minimum atomic E-state index is -0.423. The first-order valence-electron chi connectivity index (χ1n) is 10.7. The Kier molecular flexibility index (Phi) is 5.93. The summed E-state index contributed by atoms with van der Waals surface area (Å²) in [7, 11) is 0. The van der Waals surface area contributed by atoms with E-state index in [1.54, 1.807) is 4.90 Å². The third-order valence-electron chi connectivity index (χ3n) is 5.62. The van der Waals surface area contributed by atoms with Crippen LogP contribution in [-0.4, -0.2) is 34.9 Å². The lowest BCUT2D eigenvalue weighted by atomic mass is 10.0. The minimum absolute atomic E-state index is 0.0721. The van der Waals surface area contributed by atoms with E-state index in [4.69, 9.17) is 4.74 Å². The maximum Gasteiger partial charge on any atom is 0.227 e. The molecular weight excluding hydrogens is 392 g/mol. The minimum Gasteiger partial charge on any atom is -0.492 e. The van der Waals surface area contributed by atoms with Crippen molar-refractivity contribution in [3.63, 3.8) is 0 Å². The van der Waals surface area contributed by atoms with Crippen LogP contribution in [0.25, 0.3) is 11.0 Å². The summed E-state index contributed by atoms with van der Waals surface area (Å²) in [5, 5.41) is 3.13. The third kappa shape index (κ3) is 4.26. The standard InChI is InChI=1S/C24H28N4O3/c1-4-31-20-12-8-7-11-19(20)28-14-16(13-21(28)29)24(30)27-22(15(2)3)23-25-17-9-5-6-10-18(17)26-23/h5-12,15-16,22H,4,13-14H2,1-3H3,(H,25,26)(H,27,30)/t16-,22+/m0/s1. The SMILES string of the molecule is CCOc1ccccc1N1C[C@@H](C(=O)N[C@@H](c2nc3ccccc3[nH]2)C(C)C)CC1=O. The highest BCUT2D eigenvalue weighted by atomic mass is 16.5. The van der Waals surface area contributed by atoms with E-state index >= 15 is 0 Å². The normalized spacial score (nSPS) is 17.4. The molecule has 3 aromatic rings. The Labute approximate surface area is 181 Å². The van der Waals surface area contributed by atoms with Crippen molar-refractivity contribution in [1.29, 1.82) is 0 Å². The zero-order valence-corrected chi connectivity index (χ0v) is 18.1. The number of imidazole rings is 1. The molecule has 0 bridgehead atoms. The van der Waals surface area contributed by atoms with Gasteiger partial charge >= 0.3 is 0 Å². The molecule has 162 valence electrons. The quantitative estimate of drug-likeness (QED) is 0.608. The number of hydrogen-bond acceptors (Lipinski definition) is 4. The van der Waals surface area contributed by atoms with Gasteiger partial charge in [0.2, 0.25) is 11.8 Å². The number of nitrogens with one attached hydrogen (secondary N) is 2. The maximum atomic E-state index is 13.1. The van der Waals surface area contributed by atoms with Crippen LogP contribution in [0.4, 0.5) is 5.69 Å². The Bertz CT molecular complexity index is 1060. The maximum absolute atomic E-state index is 13.1. The van der Waals surface area contributed by atoms with Crippen LogP contribution in [0.5, 0.6) is 5.75 Å². The van der Waals surface area contributed by atoms with E-state index in [1.165, 1.54) is 0 Å². The van der Waals surface area contributed by atoms with Gasteiger partial charge in [0.1, 0.15) is 11.6 Å². The fourth-order valence-corrected chi connectivity index (χ4v) is 4.02. The first kappa shape index (κ1) is 20.9. The molecule has 2 N–H and O–H groups in total.